The van der Waals surface area contributed by atoms with Crippen molar-refractivity contribution in [2.75, 3.05) is 6.54 Å². The Bertz CT molecular complexity index is 406. The topological polar surface area (TPSA) is 29.9 Å². The fourth-order valence-corrected chi connectivity index (χ4v) is 4.16. The normalized spacial score (nSPS) is 35.7. The van der Waals surface area contributed by atoms with Crippen LogP contribution >= 0.6 is 0 Å². The van der Waals surface area contributed by atoms with E-state index in [1.165, 1.54) is 44.2 Å². The van der Waals surface area contributed by atoms with Crippen LogP contribution in [0.1, 0.15) is 70.2 Å². The van der Waals surface area contributed by atoms with Crippen molar-refractivity contribution in [1.82, 2.24) is 14.9 Å². The van der Waals surface area contributed by atoms with Crippen LogP contribution in [0.3, 0.4) is 0 Å². The number of nitrogens with one attached hydrogen (secondary N) is 1. The quantitative estimate of drug-likeness (QED) is 0.899. The smallest absolute Gasteiger partial charge is 0.0951 e. The molecule has 2 fully saturated rings. The van der Waals surface area contributed by atoms with E-state index in [1.54, 1.807) is 0 Å². The van der Waals surface area contributed by atoms with E-state index >= 15 is 0 Å². The largest absolute Gasteiger partial charge is 0.330 e. The van der Waals surface area contributed by atoms with E-state index in [-0.39, 0.29) is 0 Å². The first-order chi connectivity index (χ1) is 9.31. The number of nitrogens with zero attached hydrogens (tertiary/aromatic N) is 2. The van der Waals surface area contributed by atoms with Crippen molar-refractivity contribution in [1.29, 1.82) is 0 Å². The van der Waals surface area contributed by atoms with E-state index in [9.17, 15) is 0 Å². The van der Waals surface area contributed by atoms with E-state index in [0.717, 1.165) is 18.4 Å². The molecule has 4 atom stereocenters. The Kier molecular flexibility index (Phi) is 3.92. The average molecular weight is 261 g/mol. The maximum Gasteiger partial charge on any atom is 0.0951 e. The van der Waals surface area contributed by atoms with Gasteiger partial charge in [0.1, 0.15) is 0 Å². The highest BCUT2D eigenvalue weighted by Crippen LogP contribution is 2.43. The van der Waals surface area contributed by atoms with Crippen LogP contribution in [0.2, 0.25) is 0 Å². The minimum atomic E-state index is 0.532. The van der Waals surface area contributed by atoms with Gasteiger partial charge >= 0.3 is 0 Å². The molecule has 3 heteroatoms. The monoisotopic (exact) mass is 261 g/mol. The zero-order valence-electron chi connectivity index (χ0n) is 12.3. The van der Waals surface area contributed by atoms with Crippen molar-refractivity contribution < 1.29 is 0 Å². The molecule has 1 aliphatic heterocycles. The third-order valence-electron chi connectivity index (χ3n) is 5.43. The first-order valence-corrected chi connectivity index (χ1v) is 8.06. The number of aromatic nitrogens is 2. The minimum Gasteiger partial charge on any atom is -0.330 e. The van der Waals surface area contributed by atoms with E-state index in [0.29, 0.717) is 12.1 Å². The van der Waals surface area contributed by atoms with Crippen LogP contribution < -0.4 is 5.32 Å². The van der Waals surface area contributed by atoms with Crippen molar-refractivity contribution >= 4 is 0 Å². The number of hydrogen-bond donors (Lipinski definition) is 1. The number of hydrogen-bond acceptors (Lipinski definition) is 2. The van der Waals surface area contributed by atoms with Gasteiger partial charge in [0.25, 0.3) is 0 Å². The highest BCUT2D eigenvalue weighted by Gasteiger charge is 2.34. The predicted molar refractivity (Wildman–Crippen MR) is 78.0 cm³/mol. The molecular formula is C16H27N3. The van der Waals surface area contributed by atoms with Crippen LogP contribution in [0.15, 0.2) is 12.5 Å². The number of piperidine rings is 1. The van der Waals surface area contributed by atoms with Crippen molar-refractivity contribution in [2.45, 2.75) is 64.5 Å². The second kappa shape index (κ2) is 5.66. The highest BCUT2D eigenvalue weighted by molar-refractivity contribution is 5.09. The van der Waals surface area contributed by atoms with Gasteiger partial charge in [0.2, 0.25) is 0 Å². The first-order valence-electron chi connectivity index (χ1n) is 8.06. The van der Waals surface area contributed by atoms with Crippen LogP contribution in [0.5, 0.6) is 0 Å². The van der Waals surface area contributed by atoms with Crippen LogP contribution in [-0.4, -0.2) is 16.1 Å². The molecule has 2 heterocycles. The molecule has 1 aliphatic carbocycles. The van der Waals surface area contributed by atoms with Crippen molar-refractivity contribution in [2.24, 2.45) is 11.8 Å². The average Bonchev–Trinajstić information content (AvgIpc) is 3.05. The predicted octanol–water partition coefficient (Wildman–Crippen LogP) is 3.69. The number of imidazole rings is 1. The standard InChI is InChI=1S/C16H27N3/c1-3-13-7-8-15(12(13)2)19-11-17-10-16(19)14-6-4-5-9-18-14/h10-15,18H,3-9H2,1-2H3. The third-order valence-corrected chi connectivity index (χ3v) is 5.43. The van der Waals surface area contributed by atoms with E-state index in [1.807, 2.05) is 0 Å². The molecule has 0 radical (unpaired) electrons. The van der Waals surface area contributed by atoms with Gasteiger partial charge in [-0.05, 0) is 44.1 Å². The van der Waals surface area contributed by atoms with Crippen molar-refractivity contribution in [3.63, 3.8) is 0 Å². The van der Waals surface area contributed by atoms with Gasteiger partial charge < -0.3 is 9.88 Å². The molecule has 0 aromatic carbocycles. The van der Waals surface area contributed by atoms with Crippen LogP contribution in [-0.2, 0) is 0 Å². The zero-order chi connectivity index (χ0) is 13.2. The van der Waals surface area contributed by atoms with Gasteiger partial charge in [-0.3, -0.25) is 0 Å². The summed E-state index contributed by atoms with van der Waals surface area (Å²) in [4.78, 5) is 4.45. The van der Waals surface area contributed by atoms with Crippen LogP contribution in [0, 0.1) is 11.8 Å². The maximum atomic E-state index is 4.45. The maximum absolute atomic E-state index is 4.45. The summed E-state index contributed by atoms with van der Waals surface area (Å²) < 4.78 is 2.49. The fraction of sp³-hybridized carbons (Fsp3) is 0.812. The lowest BCUT2D eigenvalue weighted by Gasteiger charge is -2.28. The molecule has 0 amide bonds. The van der Waals surface area contributed by atoms with Crippen LogP contribution in [0.4, 0.5) is 0 Å². The third kappa shape index (κ3) is 2.45. The lowest BCUT2D eigenvalue weighted by molar-refractivity contribution is 0.310. The Hall–Kier alpha value is -0.830. The molecule has 3 rings (SSSR count). The Morgan fingerprint density at radius 2 is 2.21 bits per heavy atom. The molecule has 1 aromatic rings. The Balaban J connectivity index is 1.80. The molecular weight excluding hydrogens is 234 g/mol. The summed E-state index contributed by atoms with van der Waals surface area (Å²) in [7, 11) is 0. The van der Waals surface area contributed by atoms with Gasteiger partial charge in [0.05, 0.1) is 12.0 Å². The zero-order valence-corrected chi connectivity index (χ0v) is 12.3. The summed E-state index contributed by atoms with van der Waals surface area (Å²) in [5, 5.41) is 3.66. The molecule has 1 saturated heterocycles. The van der Waals surface area contributed by atoms with E-state index in [2.05, 4.69) is 41.2 Å². The first kappa shape index (κ1) is 13.2. The fourth-order valence-electron chi connectivity index (χ4n) is 4.16. The van der Waals surface area contributed by atoms with Crippen molar-refractivity contribution in [3.05, 3.63) is 18.2 Å². The number of rotatable bonds is 3. The summed E-state index contributed by atoms with van der Waals surface area (Å²) in [5.41, 5.74) is 1.42. The molecule has 2 aliphatic rings. The molecule has 0 spiro atoms. The van der Waals surface area contributed by atoms with E-state index < -0.39 is 0 Å². The van der Waals surface area contributed by atoms with Gasteiger partial charge in [-0.15, -0.1) is 0 Å². The van der Waals surface area contributed by atoms with Gasteiger partial charge in [-0.1, -0.05) is 26.7 Å². The molecule has 106 valence electrons. The van der Waals surface area contributed by atoms with Gasteiger partial charge in [0.15, 0.2) is 0 Å². The van der Waals surface area contributed by atoms with Crippen LogP contribution in [0.25, 0.3) is 0 Å². The lowest BCUT2D eigenvalue weighted by atomic mass is 9.93. The van der Waals surface area contributed by atoms with Crippen molar-refractivity contribution in [3.8, 4) is 0 Å². The molecule has 1 N–H and O–H groups in total. The molecule has 1 saturated carbocycles. The summed E-state index contributed by atoms with van der Waals surface area (Å²) in [5.74, 6) is 1.70. The van der Waals surface area contributed by atoms with Gasteiger partial charge in [0, 0.05) is 18.3 Å². The SMILES string of the molecule is CCC1CCC(n2cncc2C2CCCCN2)C1C. The summed E-state index contributed by atoms with van der Waals surface area (Å²) >= 11 is 0. The molecule has 4 unspecified atom stereocenters. The Morgan fingerprint density at radius 3 is 2.89 bits per heavy atom. The molecule has 3 nitrogen and oxygen atoms in total. The lowest BCUT2D eigenvalue weighted by Crippen LogP contribution is -2.29. The Morgan fingerprint density at radius 1 is 1.32 bits per heavy atom. The summed E-state index contributed by atoms with van der Waals surface area (Å²) in [6.45, 7) is 5.93. The second-order valence-corrected chi connectivity index (χ2v) is 6.40. The van der Waals surface area contributed by atoms with Gasteiger partial charge in [-0.25, -0.2) is 4.98 Å². The minimum absolute atomic E-state index is 0.532. The molecule has 0 bridgehead atoms. The second-order valence-electron chi connectivity index (χ2n) is 6.40. The Labute approximate surface area is 116 Å². The molecule has 19 heavy (non-hydrogen) atoms. The summed E-state index contributed by atoms with van der Waals surface area (Å²) in [6.07, 6.45) is 12.1. The van der Waals surface area contributed by atoms with Gasteiger partial charge in [-0.2, -0.15) is 0 Å². The molecule has 1 aromatic heterocycles. The van der Waals surface area contributed by atoms with E-state index in [4.69, 9.17) is 0 Å². The summed E-state index contributed by atoms with van der Waals surface area (Å²) in [6, 6.07) is 1.20. The highest BCUT2D eigenvalue weighted by atomic mass is 15.1.